The Hall–Kier alpha value is -3.72. The monoisotopic (exact) mass is 449 g/mol. The van der Waals surface area contributed by atoms with E-state index >= 15 is 0 Å². The van der Waals surface area contributed by atoms with Crippen LogP contribution in [0.4, 0.5) is 15.8 Å². The number of anilines is 2. The number of imidazole rings is 1. The Balaban J connectivity index is 1.54. The molecule has 9 heteroatoms. The van der Waals surface area contributed by atoms with E-state index in [4.69, 9.17) is 4.42 Å². The third-order valence-corrected chi connectivity index (χ3v) is 5.79. The SMILES string of the molecule is Cc1cn2cc(NC(=O)c3ccc(N4C[C@@H](C)N[C@@H](C)C4)c4ccc(=O)oc34)cc(F)c2n1. The molecule has 0 saturated carbocycles. The van der Waals surface area contributed by atoms with Gasteiger partial charge in [-0.3, -0.25) is 4.79 Å². The Bertz CT molecular complexity index is 1430. The Kier molecular flexibility index (Phi) is 5.13. The van der Waals surface area contributed by atoms with Gasteiger partial charge in [0.2, 0.25) is 0 Å². The van der Waals surface area contributed by atoms with Gasteiger partial charge < -0.3 is 24.4 Å². The number of nitrogens with one attached hydrogen (secondary N) is 2. The van der Waals surface area contributed by atoms with Crippen LogP contribution in [-0.4, -0.2) is 40.5 Å². The second kappa shape index (κ2) is 8.00. The number of halogens is 1. The van der Waals surface area contributed by atoms with Crippen LogP contribution in [0.1, 0.15) is 29.9 Å². The summed E-state index contributed by atoms with van der Waals surface area (Å²) >= 11 is 0. The summed E-state index contributed by atoms with van der Waals surface area (Å²) in [5.41, 5.74) is 1.87. The predicted molar refractivity (Wildman–Crippen MR) is 125 cm³/mol. The van der Waals surface area contributed by atoms with Gasteiger partial charge in [0.15, 0.2) is 17.0 Å². The molecule has 0 unspecified atom stereocenters. The van der Waals surface area contributed by atoms with E-state index in [0.717, 1.165) is 18.8 Å². The summed E-state index contributed by atoms with van der Waals surface area (Å²) in [6, 6.07) is 8.35. The number of rotatable bonds is 3. The third kappa shape index (κ3) is 3.95. The quantitative estimate of drug-likeness (QED) is 0.466. The second-order valence-corrected chi connectivity index (χ2v) is 8.65. The molecule has 1 fully saturated rings. The van der Waals surface area contributed by atoms with Crippen molar-refractivity contribution in [1.29, 1.82) is 0 Å². The highest BCUT2D eigenvalue weighted by Gasteiger charge is 2.24. The zero-order valence-corrected chi connectivity index (χ0v) is 18.6. The zero-order valence-electron chi connectivity index (χ0n) is 18.6. The molecule has 4 aromatic rings. The van der Waals surface area contributed by atoms with Gasteiger partial charge in [-0.15, -0.1) is 0 Å². The smallest absolute Gasteiger partial charge is 0.336 e. The minimum absolute atomic E-state index is 0.186. The lowest BCUT2D eigenvalue weighted by Crippen LogP contribution is -2.54. The van der Waals surface area contributed by atoms with E-state index in [9.17, 15) is 14.0 Å². The van der Waals surface area contributed by atoms with Crippen LogP contribution in [0.2, 0.25) is 0 Å². The van der Waals surface area contributed by atoms with Gasteiger partial charge in [-0.1, -0.05) is 0 Å². The van der Waals surface area contributed by atoms with Crippen molar-refractivity contribution in [1.82, 2.24) is 14.7 Å². The molecule has 1 amide bonds. The number of carbonyl (C=O) groups excluding carboxylic acids is 1. The highest BCUT2D eigenvalue weighted by Crippen LogP contribution is 2.30. The van der Waals surface area contributed by atoms with Crippen molar-refractivity contribution in [2.24, 2.45) is 0 Å². The topological polar surface area (TPSA) is 91.9 Å². The van der Waals surface area contributed by atoms with Gasteiger partial charge in [0.25, 0.3) is 5.91 Å². The molecule has 1 aliphatic heterocycles. The van der Waals surface area contributed by atoms with Crippen LogP contribution < -0.4 is 21.2 Å². The van der Waals surface area contributed by atoms with Crippen molar-refractivity contribution < 1.29 is 13.6 Å². The lowest BCUT2D eigenvalue weighted by Gasteiger charge is -2.38. The molecule has 170 valence electrons. The fraction of sp³-hybridized carbons (Fsp3) is 0.292. The van der Waals surface area contributed by atoms with Gasteiger partial charge in [0, 0.05) is 60.8 Å². The number of benzene rings is 1. The average molecular weight is 449 g/mol. The molecule has 1 aromatic carbocycles. The fourth-order valence-corrected chi connectivity index (χ4v) is 4.57. The summed E-state index contributed by atoms with van der Waals surface area (Å²) in [6.07, 6.45) is 3.26. The van der Waals surface area contributed by atoms with E-state index in [1.807, 2.05) is 6.07 Å². The molecular formula is C24H24FN5O3. The van der Waals surface area contributed by atoms with Crippen LogP contribution in [0.5, 0.6) is 0 Å². The number of hydrogen-bond acceptors (Lipinski definition) is 6. The Morgan fingerprint density at radius 1 is 1.18 bits per heavy atom. The van der Waals surface area contributed by atoms with Crippen molar-refractivity contribution in [3.8, 4) is 0 Å². The van der Waals surface area contributed by atoms with Gasteiger partial charge in [0.05, 0.1) is 16.9 Å². The third-order valence-electron chi connectivity index (χ3n) is 5.79. The molecule has 1 aliphatic rings. The number of fused-ring (bicyclic) bond motifs is 2. The highest BCUT2D eigenvalue weighted by molar-refractivity contribution is 6.13. The van der Waals surface area contributed by atoms with E-state index in [0.29, 0.717) is 23.2 Å². The number of amides is 1. The second-order valence-electron chi connectivity index (χ2n) is 8.65. The maximum absolute atomic E-state index is 14.4. The van der Waals surface area contributed by atoms with Crippen molar-refractivity contribution >= 4 is 33.9 Å². The minimum atomic E-state index is -0.547. The van der Waals surface area contributed by atoms with Gasteiger partial charge in [-0.2, -0.15) is 0 Å². The van der Waals surface area contributed by atoms with E-state index in [-0.39, 0.29) is 22.5 Å². The van der Waals surface area contributed by atoms with E-state index in [1.54, 1.807) is 31.5 Å². The predicted octanol–water partition coefficient (Wildman–Crippen LogP) is 3.33. The largest absolute Gasteiger partial charge is 0.422 e. The molecule has 0 bridgehead atoms. The lowest BCUT2D eigenvalue weighted by molar-refractivity contribution is 0.102. The number of nitrogens with zero attached hydrogens (tertiary/aromatic N) is 3. The first-order valence-electron chi connectivity index (χ1n) is 10.8. The molecule has 8 nitrogen and oxygen atoms in total. The molecule has 2 atom stereocenters. The highest BCUT2D eigenvalue weighted by atomic mass is 19.1. The molecular weight excluding hydrogens is 425 g/mol. The van der Waals surface area contributed by atoms with Crippen LogP contribution in [0.25, 0.3) is 16.6 Å². The van der Waals surface area contributed by atoms with Crippen LogP contribution in [0.3, 0.4) is 0 Å². The summed E-state index contributed by atoms with van der Waals surface area (Å²) in [4.78, 5) is 31.5. The lowest BCUT2D eigenvalue weighted by atomic mass is 10.0. The van der Waals surface area contributed by atoms with Crippen LogP contribution in [0.15, 0.2) is 51.9 Å². The maximum atomic E-state index is 14.4. The molecule has 4 heterocycles. The summed E-state index contributed by atoms with van der Waals surface area (Å²) in [5.74, 6) is -1.05. The zero-order chi connectivity index (χ0) is 23.3. The summed E-state index contributed by atoms with van der Waals surface area (Å²) in [7, 11) is 0. The number of carbonyl (C=O) groups is 1. The first kappa shape index (κ1) is 21.1. The van der Waals surface area contributed by atoms with Gasteiger partial charge in [-0.25, -0.2) is 14.2 Å². The molecule has 33 heavy (non-hydrogen) atoms. The van der Waals surface area contributed by atoms with Gasteiger partial charge in [-0.05, 0) is 39.0 Å². The number of pyridine rings is 1. The minimum Gasteiger partial charge on any atom is -0.422 e. The summed E-state index contributed by atoms with van der Waals surface area (Å²) in [6.45, 7) is 7.57. The maximum Gasteiger partial charge on any atom is 0.336 e. The molecule has 2 N–H and O–H groups in total. The molecule has 0 aliphatic carbocycles. The number of piperazine rings is 1. The average Bonchev–Trinajstić information content (AvgIpc) is 3.12. The normalized spacial score (nSPS) is 18.7. The first-order valence-corrected chi connectivity index (χ1v) is 10.8. The fourth-order valence-electron chi connectivity index (χ4n) is 4.57. The molecule has 1 saturated heterocycles. The molecule has 0 radical (unpaired) electrons. The number of hydrogen-bond donors (Lipinski definition) is 2. The Morgan fingerprint density at radius 3 is 2.70 bits per heavy atom. The standard InChI is InChI=1S/C24H24FN5O3/c1-13-9-29(10-14(2)26-13)20-6-4-18(22-17(20)5-7-21(31)33-22)24(32)28-16-8-19(25)23-27-15(3)11-30(23)12-16/h4-8,11-14,26H,9-10H2,1-3H3,(H,28,32)/t13-,14+. The van der Waals surface area contributed by atoms with Gasteiger partial charge >= 0.3 is 5.63 Å². The van der Waals surface area contributed by atoms with Crippen molar-refractivity contribution in [3.63, 3.8) is 0 Å². The molecule has 5 rings (SSSR count). The van der Waals surface area contributed by atoms with Crippen LogP contribution in [-0.2, 0) is 0 Å². The number of aryl methyl sites for hydroxylation is 1. The Labute approximate surface area is 189 Å². The summed E-state index contributed by atoms with van der Waals surface area (Å²) in [5, 5.41) is 6.88. The van der Waals surface area contributed by atoms with Crippen molar-refractivity contribution in [3.05, 3.63) is 70.2 Å². The van der Waals surface area contributed by atoms with E-state index in [2.05, 4.69) is 34.4 Å². The Morgan fingerprint density at radius 2 is 1.94 bits per heavy atom. The summed E-state index contributed by atoms with van der Waals surface area (Å²) < 4.78 is 21.4. The first-order chi connectivity index (χ1) is 15.8. The molecule has 0 spiro atoms. The van der Waals surface area contributed by atoms with Crippen molar-refractivity contribution in [2.45, 2.75) is 32.9 Å². The van der Waals surface area contributed by atoms with Crippen LogP contribution >= 0.6 is 0 Å². The van der Waals surface area contributed by atoms with Gasteiger partial charge in [0.1, 0.15) is 0 Å². The van der Waals surface area contributed by atoms with Crippen LogP contribution in [0, 0.1) is 12.7 Å². The van der Waals surface area contributed by atoms with Crippen molar-refractivity contribution in [2.75, 3.05) is 23.3 Å². The van der Waals surface area contributed by atoms with E-state index in [1.165, 1.54) is 16.5 Å². The van der Waals surface area contributed by atoms with E-state index < -0.39 is 17.3 Å². The molecule has 3 aromatic heterocycles. The number of aromatic nitrogens is 2.